The molecule has 0 aromatic heterocycles. The lowest BCUT2D eigenvalue weighted by Crippen LogP contribution is -2.42. The van der Waals surface area contributed by atoms with E-state index in [1.165, 1.54) is 0 Å². The van der Waals surface area contributed by atoms with Crippen LogP contribution in [-0.2, 0) is 4.79 Å². The summed E-state index contributed by atoms with van der Waals surface area (Å²) in [7, 11) is 0. The third-order valence-electron chi connectivity index (χ3n) is 4.06. The van der Waals surface area contributed by atoms with Gasteiger partial charge in [0.25, 0.3) is 0 Å². The van der Waals surface area contributed by atoms with Crippen LogP contribution < -0.4 is 5.32 Å². The molecule has 0 saturated carbocycles. The monoisotopic (exact) mass is 311 g/mol. The Hall–Kier alpha value is -2.13. The summed E-state index contributed by atoms with van der Waals surface area (Å²) < 4.78 is 0. The molecule has 0 amide bonds. The highest BCUT2D eigenvalue weighted by Crippen LogP contribution is 2.28. The van der Waals surface area contributed by atoms with E-state index in [-0.39, 0.29) is 5.92 Å². The van der Waals surface area contributed by atoms with E-state index in [1.807, 2.05) is 60.7 Å². The molecule has 0 radical (unpaired) electrons. The van der Waals surface area contributed by atoms with Crippen molar-refractivity contribution in [3.8, 4) is 0 Å². The van der Waals surface area contributed by atoms with E-state index in [9.17, 15) is 9.90 Å². The maximum Gasteiger partial charge on any atom is 0.321 e. The SMILES string of the molecule is CCCCCNC(C(=O)O)C(c1ccccc1)c1ccccc1. The van der Waals surface area contributed by atoms with Crippen molar-refractivity contribution < 1.29 is 9.90 Å². The van der Waals surface area contributed by atoms with Crippen LogP contribution in [0.25, 0.3) is 0 Å². The molecule has 23 heavy (non-hydrogen) atoms. The first-order chi connectivity index (χ1) is 11.2. The Morgan fingerprint density at radius 1 is 0.957 bits per heavy atom. The van der Waals surface area contributed by atoms with Crippen molar-refractivity contribution in [2.24, 2.45) is 0 Å². The second-order valence-corrected chi connectivity index (χ2v) is 5.78. The van der Waals surface area contributed by atoms with Gasteiger partial charge in [-0.25, -0.2) is 0 Å². The van der Waals surface area contributed by atoms with E-state index in [1.54, 1.807) is 0 Å². The highest BCUT2D eigenvalue weighted by Gasteiger charge is 2.30. The van der Waals surface area contributed by atoms with Crippen molar-refractivity contribution in [2.75, 3.05) is 6.54 Å². The molecular formula is C20H25NO2. The molecule has 1 atom stereocenters. The first kappa shape index (κ1) is 17.2. The second kappa shape index (κ2) is 9.11. The van der Waals surface area contributed by atoms with Crippen molar-refractivity contribution in [3.63, 3.8) is 0 Å². The van der Waals surface area contributed by atoms with E-state index in [2.05, 4.69) is 12.2 Å². The normalized spacial score (nSPS) is 12.3. The van der Waals surface area contributed by atoms with Gasteiger partial charge in [-0.1, -0.05) is 80.4 Å². The molecule has 2 aromatic rings. The largest absolute Gasteiger partial charge is 0.480 e. The number of hydrogen-bond acceptors (Lipinski definition) is 2. The molecule has 3 heteroatoms. The molecule has 0 bridgehead atoms. The minimum absolute atomic E-state index is 0.198. The third-order valence-corrected chi connectivity index (χ3v) is 4.06. The Morgan fingerprint density at radius 2 is 1.48 bits per heavy atom. The van der Waals surface area contributed by atoms with Gasteiger partial charge in [-0.15, -0.1) is 0 Å². The zero-order valence-corrected chi connectivity index (χ0v) is 13.6. The summed E-state index contributed by atoms with van der Waals surface area (Å²) in [6, 6.07) is 19.1. The number of benzene rings is 2. The predicted molar refractivity (Wildman–Crippen MR) is 93.7 cm³/mol. The number of carboxylic acid groups (broad SMARTS) is 1. The Bertz CT molecular complexity index is 544. The molecular weight excluding hydrogens is 286 g/mol. The lowest BCUT2D eigenvalue weighted by atomic mass is 9.85. The van der Waals surface area contributed by atoms with E-state index in [0.717, 1.165) is 36.9 Å². The predicted octanol–water partition coefficient (Wildman–Crippen LogP) is 4.05. The molecule has 0 aliphatic rings. The van der Waals surface area contributed by atoms with Crippen molar-refractivity contribution in [2.45, 2.75) is 38.1 Å². The molecule has 0 aliphatic heterocycles. The van der Waals surface area contributed by atoms with Crippen LogP contribution in [0.1, 0.15) is 43.2 Å². The van der Waals surface area contributed by atoms with Gasteiger partial charge in [-0.2, -0.15) is 0 Å². The van der Waals surface area contributed by atoms with Crippen LogP contribution in [0.3, 0.4) is 0 Å². The summed E-state index contributed by atoms with van der Waals surface area (Å²) in [6.45, 7) is 2.87. The molecule has 0 spiro atoms. The number of carbonyl (C=O) groups is 1. The third kappa shape index (κ3) is 4.93. The maximum absolute atomic E-state index is 11.9. The molecule has 122 valence electrons. The Morgan fingerprint density at radius 3 is 1.91 bits per heavy atom. The zero-order valence-electron chi connectivity index (χ0n) is 13.6. The zero-order chi connectivity index (χ0) is 16.5. The minimum Gasteiger partial charge on any atom is -0.480 e. The van der Waals surface area contributed by atoms with Gasteiger partial charge in [0.15, 0.2) is 0 Å². The fourth-order valence-corrected chi connectivity index (χ4v) is 2.88. The lowest BCUT2D eigenvalue weighted by molar-refractivity contribution is -0.139. The van der Waals surface area contributed by atoms with Gasteiger partial charge in [-0.3, -0.25) is 4.79 Å². The molecule has 2 N–H and O–H groups in total. The van der Waals surface area contributed by atoms with E-state index < -0.39 is 12.0 Å². The van der Waals surface area contributed by atoms with E-state index in [4.69, 9.17) is 0 Å². The topological polar surface area (TPSA) is 49.3 Å². The smallest absolute Gasteiger partial charge is 0.321 e. The summed E-state index contributed by atoms with van der Waals surface area (Å²) in [5.41, 5.74) is 2.04. The van der Waals surface area contributed by atoms with Crippen molar-refractivity contribution >= 4 is 5.97 Å². The average molecular weight is 311 g/mol. The van der Waals surface area contributed by atoms with Gasteiger partial charge in [0.1, 0.15) is 6.04 Å². The molecule has 0 heterocycles. The standard InChI is InChI=1S/C20H25NO2/c1-2-3-10-15-21-19(20(22)23)18(16-11-6-4-7-12-16)17-13-8-5-9-14-17/h4-9,11-14,18-19,21H,2-3,10,15H2,1H3,(H,22,23). The quantitative estimate of drug-likeness (QED) is 0.687. The van der Waals surface area contributed by atoms with Crippen molar-refractivity contribution in [1.29, 1.82) is 0 Å². The van der Waals surface area contributed by atoms with Crippen molar-refractivity contribution in [1.82, 2.24) is 5.32 Å². The number of nitrogens with one attached hydrogen (secondary N) is 1. The summed E-state index contributed by atoms with van der Waals surface area (Å²) in [5.74, 6) is -1.00. The van der Waals surface area contributed by atoms with Gasteiger partial charge in [-0.05, 0) is 24.1 Å². The number of carboxylic acids is 1. The number of unbranched alkanes of at least 4 members (excludes halogenated alkanes) is 2. The highest BCUT2D eigenvalue weighted by atomic mass is 16.4. The van der Waals surface area contributed by atoms with Crippen LogP contribution >= 0.6 is 0 Å². The molecule has 2 aromatic carbocycles. The van der Waals surface area contributed by atoms with Crippen LogP contribution in [-0.4, -0.2) is 23.7 Å². The van der Waals surface area contributed by atoms with Crippen LogP contribution in [0.5, 0.6) is 0 Å². The summed E-state index contributed by atoms with van der Waals surface area (Å²) in [6.07, 6.45) is 3.23. The summed E-state index contributed by atoms with van der Waals surface area (Å²) in [5, 5.41) is 13.0. The molecule has 2 rings (SSSR count). The minimum atomic E-state index is -0.806. The maximum atomic E-state index is 11.9. The molecule has 0 saturated heterocycles. The molecule has 0 aliphatic carbocycles. The molecule has 3 nitrogen and oxygen atoms in total. The van der Waals surface area contributed by atoms with Crippen LogP contribution in [0.15, 0.2) is 60.7 Å². The van der Waals surface area contributed by atoms with E-state index in [0.29, 0.717) is 0 Å². The van der Waals surface area contributed by atoms with Crippen LogP contribution in [0, 0.1) is 0 Å². The van der Waals surface area contributed by atoms with Gasteiger partial charge >= 0.3 is 5.97 Å². The van der Waals surface area contributed by atoms with Crippen molar-refractivity contribution in [3.05, 3.63) is 71.8 Å². The van der Waals surface area contributed by atoms with Crippen LogP contribution in [0.4, 0.5) is 0 Å². The number of aliphatic carboxylic acids is 1. The Balaban J connectivity index is 2.28. The van der Waals surface area contributed by atoms with Gasteiger partial charge in [0.2, 0.25) is 0 Å². The van der Waals surface area contributed by atoms with Gasteiger partial charge in [0, 0.05) is 5.92 Å². The average Bonchev–Trinajstić information content (AvgIpc) is 2.59. The summed E-state index contributed by atoms with van der Waals surface area (Å²) in [4.78, 5) is 11.9. The van der Waals surface area contributed by atoms with Gasteiger partial charge < -0.3 is 10.4 Å². The Labute approximate surface area is 138 Å². The number of rotatable bonds is 9. The van der Waals surface area contributed by atoms with E-state index >= 15 is 0 Å². The molecule has 1 unspecified atom stereocenters. The van der Waals surface area contributed by atoms with Crippen LogP contribution in [0.2, 0.25) is 0 Å². The first-order valence-electron chi connectivity index (χ1n) is 8.30. The fourth-order valence-electron chi connectivity index (χ4n) is 2.88. The fraction of sp³-hybridized carbons (Fsp3) is 0.350. The highest BCUT2D eigenvalue weighted by molar-refractivity contribution is 5.76. The first-order valence-corrected chi connectivity index (χ1v) is 8.30. The van der Waals surface area contributed by atoms with Gasteiger partial charge in [0.05, 0.1) is 0 Å². The summed E-state index contributed by atoms with van der Waals surface area (Å²) >= 11 is 0. The Kier molecular flexibility index (Phi) is 6.82. The number of hydrogen-bond donors (Lipinski definition) is 2. The molecule has 0 fully saturated rings. The second-order valence-electron chi connectivity index (χ2n) is 5.78. The lowest BCUT2D eigenvalue weighted by Gasteiger charge is -2.26.